The van der Waals surface area contributed by atoms with Crippen LogP contribution < -0.4 is 15.0 Å². The fourth-order valence-electron chi connectivity index (χ4n) is 3.75. The van der Waals surface area contributed by atoms with E-state index in [1.165, 1.54) is 13.4 Å². The highest BCUT2D eigenvalue weighted by Crippen LogP contribution is 2.31. The van der Waals surface area contributed by atoms with E-state index in [1.54, 1.807) is 19.2 Å². The fourth-order valence-corrected chi connectivity index (χ4v) is 3.75. The Hall–Kier alpha value is -3.49. The molecule has 9 heteroatoms. The van der Waals surface area contributed by atoms with E-state index in [-0.39, 0.29) is 0 Å². The molecule has 3 heterocycles. The van der Waals surface area contributed by atoms with Gasteiger partial charge in [-0.25, -0.2) is 4.99 Å². The van der Waals surface area contributed by atoms with Crippen LogP contribution >= 0.6 is 0 Å². The first kappa shape index (κ1) is 19.8. The zero-order valence-electron chi connectivity index (χ0n) is 16.9. The third-order valence-electron chi connectivity index (χ3n) is 5.40. The van der Waals surface area contributed by atoms with Gasteiger partial charge < -0.3 is 23.7 Å². The molecule has 4 rings (SSSR count). The van der Waals surface area contributed by atoms with Gasteiger partial charge in [0.1, 0.15) is 17.6 Å². The molecule has 0 radical (unpaired) electrons. The summed E-state index contributed by atoms with van der Waals surface area (Å²) in [6, 6.07) is 10.6. The number of nitrogens with one attached hydrogen (secondary N) is 1. The molecule has 2 aromatic rings. The van der Waals surface area contributed by atoms with Gasteiger partial charge in [0.05, 0.1) is 20.5 Å². The van der Waals surface area contributed by atoms with Crippen molar-refractivity contribution in [2.45, 2.75) is 6.04 Å². The van der Waals surface area contributed by atoms with Crippen LogP contribution in [0.5, 0.6) is 5.75 Å². The molecule has 1 aromatic carbocycles. The van der Waals surface area contributed by atoms with Crippen LogP contribution in [0.25, 0.3) is 0 Å². The largest absolute Gasteiger partial charge is 0.497 e. The minimum Gasteiger partial charge on any atom is -0.497 e. The molecule has 1 N–H and O–H groups in total. The standard InChI is InChI=1S/C21H24N4O5/c1-28-15-7-5-14(6-8-15)24-9-11-25(12-10-24)21-22-18(16-4-3-13-30-16)17(19(26)23-21)20(27)29-2/h3-8,13,17-18H,9-12H2,1-2H3,(H,22,23,26)/t17-,18+/m0/s1. The maximum atomic E-state index is 12.7. The van der Waals surface area contributed by atoms with Gasteiger partial charge in [0, 0.05) is 31.9 Å². The lowest BCUT2D eigenvalue weighted by Crippen LogP contribution is -2.57. The minimum absolute atomic E-state index is 0.439. The van der Waals surface area contributed by atoms with E-state index in [0.717, 1.165) is 24.5 Å². The summed E-state index contributed by atoms with van der Waals surface area (Å²) in [5.74, 6) is -0.427. The number of rotatable bonds is 4. The zero-order chi connectivity index (χ0) is 21.1. The number of benzene rings is 1. The molecule has 9 nitrogen and oxygen atoms in total. The number of amides is 1. The Labute approximate surface area is 174 Å². The Balaban J connectivity index is 1.49. The highest BCUT2D eigenvalue weighted by Gasteiger charge is 2.43. The number of esters is 1. The van der Waals surface area contributed by atoms with Crippen LogP contribution in [-0.2, 0) is 14.3 Å². The van der Waals surface area contributed by atoms with Crippen LogP contribution in [-0.4, -0.2) is 63.1 Å². The second-order valence-electron chi connectivity index (χ2n) is 7.08. The van der Waals surface area contributed by atoms with Crippen molar-refractivity contribution < 1.29 is 23.5 Å². The van der Waals surface area contributed by atoms with Gasteiger partial charge in [-0.1, -0.05) is 0 Å². The normalized spacial score (nSPS) is 21.7. The lowest BCUT2D eigenvalue weighted by atomic mass is 9.95. The molecule has 0 aliphatic carbocycles. The van der Waals surface area contributed by atoms with E-state index in [4.69, 9.17) is 13.9 Å². The van der Waals surface area contributed by atoms with Crippen molar-refractivity contribution in [1.82, 2.24) is 10.2 Å². The lowest BCUT2D eigenvalue weighted by molar-refractivity contribution is -0.151. The number of hydrogen-bond donors (Lipinski definition) is 1. The molecule has 0 bridgehead atoms. The smallest absolute Gasteiger partial charge is 0.320 e. The predicted molar refractivity (Wildman–Crippen MR) is 109 cm³/mol. The van der Waals surface area contributed by atoms with E-state index in [0.29, 0.717) is 24.8 Å². The van der Waals surface area contributed by atoms with Gasteiger partial charge in [-0.3, -0.25) is 14.9 Å². The average Bonchev–Trinajstić information content (AvgIpc) is 3.33. The summed E-state index contributed by atoms with van der Waals surface area (Å²) < 4.78 is 15.5. The number of piperazine rings is 1. The van der Waals surface area contributed by atoms with Crippen LogP contribution in [0.3, 0.4) is 0 Å². The number of aliphatic imine (C=N–C) groups is 1. The average molecular weight is 412 g/mol. The highest BCUT2D eigenvalue weighted by molar-refractivity contribution is 6.08. The molecule has 0 unspecified atom stereocenters. The van der Waals surface area contributed by atoms with E-state index in [2.05, 4.69) is 15.2 Å². The SMILES string of the molecule is COC(=O)[C@@H]1C(=O)NC(N2CCN(c3ccc(OC)cc3)CC2)=N[C@@H]1c1ccco1. The van der Waals surface area contributed by atoms with Crippen LogP contribution in [0.1, 0.15) is 11.8 Å². The van der Waals surface area contributed by atoms with Gasteiger partial charge in [0.2, 0.25) is 11.9 Å². The summed E-state index contributed by atoms with van der Waals surface area (Å²) >= 11 is 0. The highest BCUT2D eigenvalue weighted by atomic mass is 16.5. The molecular weight excluding hydrogens is 388 g/mol. The van der Waals surface area contributed by atoms with Crippen molar-refractivity contribution in [2.75, 3.05) is 45.3 Å². The summed E-state index contributed by atoms with van der Waals surface area (Å²) in [4.78, 5) is 33.8. The van der Waals surface area contributed by atoms with Crippen molar-refractivity contribution in [3.8, 4) is 5.75 Å². The molecule has 1 amide bonds. The first-order chi connectivity index (χ1) is 14.6. The summed E-state index contributed by atoms with van der Waals surface area (Å²) in [5.41, 5.74) is 1.12. The molecule has 0 saturated carbocycles. The summed E-state index contributed by atoms with van der Waals surface area (Å²) in [5, 5.41) is 2.77. The van der Waals surface area contributed by atoms with Crippen LogP contribution in [0.15, 0.2) is 52.1 Å². The number of hydrogen-bond acceptors (Lipinski definition) is 8. The monoisotopic (exact) mass is 412 g/mol. The molecule has 2 atom stereocenters. The van der Waals surface area contributed by atoms with Gasteiger partial charge in [-0.15, -0.1) is 0 Å². The van der Waals surface area contributed by atoms with Crippen molar-refractivity contribution in [1.29, 1.82) is 0 Å². The summed E-state index contributed by atoms with van der Waals surface area (Å²) in [6.07, 6.45) is 1.50. The molecule has 1 aromatic heterocycles. The molecule has 2 aliphatic heterocycles. The topological polar surface area (TPSA) is 96.6 Å². The molecule has 0 spiro atoms. The Bertz CT molecular complexity index is 917. The number of furan rings is 1. The van der Waals surface area contributed by atoms with Crippen molar-refractivity contribution >= 4 is 23.5 Å². The first-order valence-corrected chi connectivity index (χ1v) is 9.74. The van der Waals surface area contributed by atoms with E-state index >= 15 is 0 Å². The van der Waals surface area contributed by atoms with Crippen molar-refractivity contribution in [3.63, 3.8) is 0 Å². The Morgan fingerprint density at radius 2 is 1.80 bits per heavy atom. The number of carbonyl (C=O) groups is 2. The number of carbonyl (C=O) groups excluding carboxylic acids is 2. The second kappa shape index (κ2) is 8.48. The number of guanidine groups is 1. The number of nitrogens with zero attached hydrogens (tertiary/aromatic N) is 3. The van der Waals surface area contributed by atoms with Crippen LogP contribution in [0.2, 0.25) is 0 Å². The van der Waals surface area contributed by atoms with Crippen molar-refractivity contribution in [2.24, 2.45) is 10.9 Å². The van der Waals surface area contributed by atoms with Gasteiger partial charge in [0.25, 0.3) is 0 Å². The van der Waals surface area contributed by atoms with Crippen molar-refractivity contribution in [3.05, 3.63) is 48.4 Å². The molecular formula is C21H24N4O5. The number of ether oxygens (including phenoxy) is 2. The Morgan fingerprint density at radius 3 is 2.40 bits per heavy atom. The Morgan fingerprint density at radius 1 is 1.10 bits per heavy atom. The predicted octanol–water partition coefficient (Wildman–Crippen LogP) is 1.43. The van der Waals surface area contributed by atoms with Gasteiger partial charge in [-0.05, 0) is 36.4 Å². The number of methoxy groups -OCH3 is 2. The quantitative estimate of drug-likeness (QED) is 0.599. The molecule has 158 valence electrons. The number of anilines is 1. The summed E-state index contributed by atoms with van der Waals surface area (Å²) in [7, 11) is 2.90. The van der Waals surface area contributed by atoms with Crippen LogP contribution in [0, 0.1) is 5.92 Å². The maximum absolute atomic E-state index is 12.7. The van der Waals surface area contributed by atoms with E-state index in [9.17, 15) is 9.59 Å². The van der Waals surface area contributed by atoms with E-state index in [1.807, 2.05) is 29.2 Å². The summed E-state index contributed by atoms with van der Waals surface area (Å²) in [6.45, 7) is 2.90. The molecule has 1 fully saturated rings. The third kappa shape index (κ3) is 3.83. The molecule has 30 heavy (non-hydrogen) atoms. The second-order valence-corrected chi connectivity index (χ2v) is 7.08. The molecule has 2 aliphatic rings. The maximum Gasteiger partial charge on any atom is 0.320 e. The molecule has 1 saturated heterocycles. The first-order valence-electron chi connectivity index (χ1n) is 9.74. The van der Waals surface area contributed by atoms with Gasteiger partial charge >= 0.3 is 5.97 Å². The lowest BCUT2D eigenvalue weighted by Gasteiger charge is -2.39. The Kier molecular flexibility index (Phi) is 5.60. The van der Waals surface area contributed by atoms with E-state index < -0.39 is 23.8 Å². The van der Waals surface area contributed by atoms with Crippen LogP contribution in [0.4, 0.5) is 5.69 Å². The minimum atomic E-state index is -1.08. The zero-order valence-corrected chi connectivity index (χ0v) is 16.9. The fraction of sp³-hybridized carbons (Fsp3) is 0.381. The third-order valence-corrected chi connectivity index (χ3v) is 5.40. The van der Waals surface area contributed by atoms with Gasteiger partial charge in [-0.2, -0.15) is 0 Å². The van der Waals surface area contributed by atoms with Gasteiger partial charge in [0.15, 0.2) is 5.92 Å².